The second-order valence-corrected chi connectivity index (χ2v) is 2.99. The summed E-state index contributed by atoms with van der Waals surface area (Å²) in [4.78, 5) is 0. The van der Waals surface area contributed by atoms with Gasteiger partial charge in [-0.3, -0.25) is 0 Å². The Morgan fingerprint density at radius 3 is 2.43 bits per heavy atom. The molecule has 4 heteroatoms. The lowest BCUT2D eigenvalue weighted by molar-refractivity contribution is 0.470. The first-order chi connectivity index (χ1) is 6.83. The monoisotopic (exact) mass is 197 g/mol. The van der Waals surface area contributed by atoms with Crippen molar-refractivity contribution < 1.29 is 4.39 Å². The van der Waals surface area contributed by atoms with Crippen LogP contribution in [-0.2, 0) is 0 Å². The quantitative estimate of drug-likeness (QED) is 0.475. The van der Waals surface area contributed by atoms with Crippen LogP contribution in [0, 0.1) is 0 Å². The van der Waals surface area contributed by atoms with Gasteiger partial charge in [-0.2, -0.15) is 0 Å². The molecule has 0 amide bonds. The van der Waals surface area contributed by atoms with E-state index in [2.05, 4.69) is 10.6 Å². The van der Waals surface area contributed by atoms with E-state index in [1.807, 2.05) is 24.3 Å². The standard InChI is InChI=1S/C10H16FN3/c11-5-6-13-7-8-14-10-3-1-9(12)2-4-10/h1-4,13-14H,5-8,12H2. The van der Waals surface area contributed by atoms with Gasteiger partial charge in [0.25, 0.3) is 0 Å². The number of alkyl halides is 1. The van der Waals surface area contributed by atoms with Crippen molar-refractivity contribution in [1.29, 1.82) is 0 Å². The number of hydrogen-bond donors (Lipinski definition) is 3. The number of nitrogens with one attached hydrogen (secondary N) is 2. The minimum Gasteiger partial charge on any atom is -0.399 e. The molecule has 0 unspecified atom stereocenters. The average molecular weight is 197 g/mol. The highest BCUT2D eigenvalue weighted by molar-refractivity contribution is 5.51. The Kier molecular flexibility index (Phi) is 4.78. The number of halogens is 1. The molecule has 4 N–H and O–H groups in total. The maximum absolute atomic E-state index is 11.7. The van der Waals surface area contributed by atoms with Crippen molar-refractivity contribution in [3.8, 4) is 0 Å². The summed E-state index contributed by atoms with van der Waals surface area (Å²) in [5.41, 5.74) is 7.32. The molecule has 3 nitrogen and oxygen atoms in total. The lowest BCUT2D eigenvalue weighted by Gasteiger charge is -2.06. The van der Waals surface area contributed by atoms with Gasteiger partial charge in [-0.15, -0.1) is 0 Å². The molecule has 0 bridgehead atoms. The third kappa shape index (κ3) is 4.09. The Bertz CT molecular complexity index is 248. The van der Waals surface area contributed by atoms with Crippen LogP contribution >= 0.6 is 0 Å². The number of rotatable bonds is 6. The van der Waals surface area contributed by atoms with Crippen LogP contribution in [0.3, 0.4) is 0 Å². The maximum Gasteiger partial charge on any atom is 0.102 e. The van der Waals surface area contributed by atoms with Gasteiger partial charge in [-0.1, -0.05) is 0 Å². The molecule has 0 aliphatic heterocycles. The minimum absolute atomic E-state index is 0.318. The highest BCUT2D eigenvalue weighted by Gasteiger charge is 1.90. The molecule has 0 aromatic heterocycles. The number of hydrogen-bond acceptors (Lipinski definition) is 3. The Labute approximate surface area is 83.5 Å². The summed E-state index contributed by atoms with van der Waals surface area (Å²) in [6.07, 6.45) is 0. The first kappa shape index (κ1) is 10.8. The molecular weight excluding hydrogens is 181 g/mol. The lowest BCUT2D eigenvalue weighted by Crippen LogP contribution is -2.24. The zero-order chi connectivity index (χ0) is 10.2. The van der Waals surface area contributed by atoms with Gasteiger partial charge in [0, 0.05) is 31.0 Å². The van der Waals surface area contributed by atoms with Gasteiger partial charge in [0.1, 0.15) is 6.67 Å². The van der Waals surface area contributed by atoms with Crippen LogP contribution in [-0.4, -0.2) is 26.3 Å². The summed E-state index contributed by atoms with van der Waals surface area (Å²) in [5, 5.41) is 6.14. The minimum atomic E-state index is -0.318. The smallest absolute Gasteiger partial charge is 0.102 e. The van der Waals surface area contributed by atoms with E-state index in [0.717, 1.165) is 24.5 Å². The van der Waals surface area contributed by atoms with E-state index < -0.39 is 0 Å². The van der Waals surface area contributed by atoms with E-state index in [-0.39, 0.29) is 6.67 Å². The first-order valence-corrected chi connectivity index (χ1v) is 4.69. The van der Waals surface area contributed by atoms with Crippen LogP contribution in [0.5, 0.6) is 0 Å². The molecule has 0 spiro atoms. The fourth-order valence-electron chi connectivity index (χ4n) is 1.09. The molecule has 0 aliphatic carbocycles. The number of benzene rings is 1. The van der Waals surface area contributed by atoms with Crippen LogP contribution in [0.15, 0.2) is 24.3 Å². The van der Waals surface area contributed by atoms with E-state index in [1.165, 1.54) is 0 Å². The third-order valence-electron chi connectivity index (χ3n) is 1.81. The SMILES string of the molecule is Nc1ccc(NCCNCCF)cc1. The van der Waals surface area contributed by atoms with Crippen molar-refractivity contribution >= 4 is 11.4 Å². The lowest BCUT2D eigenvalue weighted by atomic mass is 10.3. The van der Waals surface area contributed by atoms with Crippen molar-refractivity contribution in [1.82, 2.24) is 5.32 Å². The summed E-state index contributed by atoms with van der Waals surface area (Å²) in [6.45, 7) is 1.64. The van der Waals surface area contributed by atoms with Gasteiger partial charge in [0.05, 0.1) is 0 Å². The highest BCUT2D eigenvalue weighted by atomic mass is 19.1. The molecule has 0 fully saturated rings. The summed E-state index contributed by atoms with van der Waals surface area (Å²) in [6, 6.07) is 7.53. The molecule has 1 aromatic rings. The first-order valence-electron chi connectivity index (χ1n) is 4.69. The van der Waals surface area contributed by atoms with Gasteiger partial charge in [-0.25, -0.2) is 4.39 Å². The molecule has 78 valence electrons. The molecule has 0 heterocycles. The fourth-order valence-corrected chi connectivity index (χ4v) is 1.09. The summed E-state index contributed by atoms with van der Waals surface area (Å²) < 4.78 is 11.7. The number of nitrogen functional groups attached to an aromatic ring is 1. The van der Waals surface area contributed by atoms with Crippen molar-refractivity contribution in [3.63, 3.8) is 0 Å². The van der Waals surface area contributed by atoms with Crippen LogP contribution in [0.4, 0.5) is 15.8 Å². The second-order valence-electron chi connectivity index (χ2n) is 2.99. The predicted molar refractivity (Wildman–Crippen MR) is 58.2 cm³/mol. The highest BCUT2D eigenvalue weighted by Crippen LogP contribution is 2.09. The topological polar surface area (TPSA) is 50.1 Å². The predicted octanol–water partition coefficient (Wildman–Crippen LogP) is 1.24. The summed E-state index contributed by atoms with van der Waals surface area (Å²) in [5.74, 6) is 0. The van der Waals surface area contributed by atoms with Gasteiger partial charge in [0.15, 0.2) is 0 Å². The molecule has 1 aromatic carbocycles. The largest absolute Gasteiger partial charge is 0.399 e. The van der Waals surface area contributed by atoms with E-state index in [9.17, 15) is 4.39 Å². The van der Waals surface area contributed by atoms with Crippen LogP contribution in [0.25, 0.3) is 0 Å². The number of nitrogens with two attached hydrogens (primary N) is 1. The van der Waals surface area contributed by atoms with Gasteiger partial charge >= 0.3 is 0 Å². The molecule has 14 heavy (non-hydrogen) atoms. The Morgan fingerprint density at radius 2 is 1.79 bits per heavy atom. The molecule has 0 radical (unpaired) electrons. The molecule has 0 saturated heterocycles. The Morgan fingerprint density at radius 1 is 1.07 bits per heavy atom. The van der Waals surface area contributed by atoms with Crippen LogP contribution in [0.2, 0.25) is 0 Å². The van der Waals surface area contributed by atoms with E-state index in [0.29, 0.717) is 6.54 Å². The zero-order valence-corrected chi connectivity index (χ0v) is 8.09. The van der Waals surface area contributed by atoms with Gasteiger partial charge < -0.3 is 16.4 Å². The molecule has 1 rings (SSSR count). The van der Waals surface area contributed by atoms with Crippen molar-refractivity contribution in [2.24, 2.45) is 0 Å². The Balaban J connectivity index is 2.15. The van der Waals surface area contributed by atoms with Gasteiger partial charge in [0.2, 0.25) is 0 Å². The van der Waals surface area contributed by atoms with Crippen molar-refractivity contribution in [3.05, 3.63) is 24.3 Å². The Hall–Kier alpha value is -1.29. The van der Waals surface area contributed by atoms with Crippen LogP contribution in [0.1, 0.15) is 0 Å². The molecule has 0 atom stereocenters. The van der Waals surface area contributed by atoms with Crippen LogP contribution < -0.4 is 16.4 Å². The number of anilines is 2. The third-order valence-corrected chi connectivity index (χ3v) is 1.81. The zero-order valence-electron chi connectivity index (χ0n) is 8.09. The molecular formula is C10H16FN3. The molecule has 0 saturated carbocycles. The second kappa shape index (κ2) is 6.21. The summed E-state index contributed by atoms with van der Waals surface area (Å²) in [7, 11) is 0. The summed E-state index contributed by atoms with van der Waals surface area (Å²) >= 11 is 0. The maximum atomic E-state index is 11.7. The van der Waals surface area contributed by atoms with Crippen molar-refractivity contribution in [2.75, 3.05) is 37.4 Å². The fraction of sp³-hybridized carbons (Fsp3) is 0.400. The van der Waals surface area contributed by atoms with Crippen molar-refractivity contribution in [2.45, 2.75) is 0 Å². The average Bonchev–Trinajstić information content (AvgIpc) is 2.21. The van der Waals surface area contributed by atoms with Gasteiger partial charge in [-0.05, 0) is 24.3 Å². The normalized spacial score (nSPS) is 10.1. The van der Waals surface area contributed by atoms with E-state index in [4.69, 9.17) is 5.73 Å². The molecule has 0 aliphatic rings. The van der Waals surface area contributed by atoms with E-state index in [1.54, 1.807) is 0 Å². The van der Waals surface area contributed by atoms with E-state index >= 15 is 0 Å².